The Labute approximate surface area is 136 Å². The number of nitrogens with zero attached hydrogens (tertiary/aromatic N) is 2. The second-order valence-electron chi connectivity index (χ2n) is 4.26. The third-order valence-corrected chi connectivity index (χ3v) is 4.72. The number of benzene rings is 2. The number of anilines is 1. The van der Waals surface area contributed by atoms with Crippen LogP contribution in [0.2, 0.25) is 10.0 Å². The fourth-order valence-electron chi connectivity index (χ4n) is 2.06. The minimum absolute atomic E-state index is 0.0187. The highest BCUT2D eigenvalue weighted by Crippen LogP contribution is 2.37. The van der Waals surface area contributed by atoms with E-state index in [9.17, 15) is 8.78 Å². The summed E-state index contributed by atoms with van der Waals surface area (Å²) in [5.74, 6) is -1.55. The lowest BCUT2D eigenvalue weighted by Gasteiger charge is -2.11. The molecule has 21 heavy (non-hydrogen) atoms. The van der Waals surface area contributed by atoms with Crippen molar-refractivity contribution in [3.8, 4) is 5.69 Å². The Kier molecular flexibility index (Phi) is 3.55. The molecule has 0 bridgehead atoms. The zero-order valence-corrected chi connectivity index (χ0v) is 13.3. The van der Waals surface area contributed by atoms with E-state index in [1.807, 2.05) is 0 Å². The highest BCUT2D eigenvalue weighted by atomic mass is 79.9. The van der Waals surface area contributed by atoms with Gasteiger partial charge >= 0.3 is 0 Å². The fourth-order valence-corrected chi connectivity index (χ4v) is 2.92. The molecule has 0 unspecified atom stereocenters. The molecule has 0 fully saturated rings. The lowest BCUT2D eigenvalue weighted by atomic mass is 10.2. The molecule has 0 saturated carbocycles. The number of nitrogens with two attached hydrogens (primary N) is 1. The molecular formula is C13H6BrCl2F2N3. The Bertz CT molecular complexity index is 880. The Morgan fingerprint density at radius 3 is 2.57 bits per heavy atom. The normalized spacial score (nSPS) is 11.3. The molecule has 3 aromatic rings. The monoisotopic (exact) mass is 391 g/mol. The van der Waals surface area contributed by atoms with E-state index in [-0.39, 0.29) is 27.0 Å². The minimum Gasteiger partial charge on any atom is -0.369 e. The van der Waals surface area contributed by atoms with Crippen LogP contribution in [0, 0.1) is 11.6 Å². The van der Waals surface area contributed by atoms with Crippen LogP contribution in [0.5, 0.6) is 0 Å². The molecule has 0 saturated heterocycles. The molecule has 0 atom stereocenters. The van der Waals surface area contributed by atoms with Gasteiger partial charge in [0, 0.05) is 16.6 Å². The van der Waals surface area contributed by atoms with Crippen LogP contribution in [0.4, 0.5) is 14.7 Å². The Morgan fingerprint density at radius 1 is 1.14 bits per heavy atom. The first-order valence-electron chi connectivity index (χ1n) is 5.67. The van der Waals surface area contributed by atoms with Crippen LogP contribution >= 0.6 is 39.1 Å². The molecule has 0 amide bonds. The van der Waals surface area contributed by atoms with E-state index >= 15 is 0 Å². The predicted octanol–water partition coefficient (Wildman–Crippen LogP) is 4.96. The van der Waals surface area contributed by atoms with Gasteiger partial charge in [-0.1, -0.05) is 23.2 Å². The number of fused-ring (bicyclic) bond motifs is 1. The van der Waals surface area contributed by atoms with Gasteiger partial charge in [-0.25, -0.2) is 13.8 Å². The van der Waals surface area contributed by atoms with Gasteiger partial charge in [0.05, 0.1) is 21.2 Å². The number of hydrogen-bond donors (Lipinski definition) is 1. The summed E-state index contributed by atoms with van der Waals surface area (Å²) in [5, 5.41) is 0.467. The topological polar surface area (TPSA) is 43.8 Å². The molecule has 0 aliphatic rings. The maximum absolute atomic E-state index is 13.8. The Morgan fingerprint density at radius 2 is 1.86 bits per heavy atom. The van der Waals surface area contributed by atoms with Gasteiger partial charge in [0.1, 0.15) is 11.3 Å². The van der Waals surface area contributed by atoms with Crippen molar-refractivity contribution in [2.24, 2.45) is 0 Å². The first-order chi connectivity index (χ1) is 9.90. The SMILES string of the molecule is Nc1nc2c(F)cc(F)cc2n1-c1ccc(Br)c(Cl)c1Cl. The van der Waals surface area contributed by atoms with Crippen LogP contribution in [0.15, 0.2) is 28.7 Å². The van der Waals surface area contributed by atoms with Crippen LogP contribution in [-0.2, 0) is 0 Å². The summed E-state index contributed by atoms with van der Waals surface area (Å²) in [5.41, 5.74) is 6.33. The standard InChI is InChI=1S/C13H6BrCl2F2N3/c14-6-1-2-8(11(16)10(6)15)21-9-4-5(17)3-7(18)12(9)20-13(21)19/h1-4H,(H2,19,20). The summed E-state index contributed by atoms with van der Waals surface area (Å²) in [4.78, 5) is 3.91. The molecule has 0 aliphatic heterocycles. The molecule has 0 aliphatic carbocycles. The molecule has 1 aromatic heterocycles. The molecule has 1 heterocycles. The van der Waals surface area contributed by atoms with Crippen molar-refractivity contribution in [2.75, 3.05) is 5.73 Å². The van der Waals surface area contributed by atoms with Gasteiger partial charge in [-0.2, -0.15) is 0 Å². The van der Waals surface area contributed by atoms with E-state index in [2.05, 4.69) is 20.9 Å². The molecule has 8 heteroatoms. The molecule has 0 spiro atoms. The van der Waals surface area contributed by atoms with E-state index in [0.717, 1.165) is 12.1 Å². The highest BCUT2D eigenvalue weighted by Gasteiger charge is 2.18. The summed E-state index contributed by atoms with van der Waals surface area (Å²) in [6.07, 6.45) is 0. The number of aromatic nitrogens is 2. The smallest absolute Gasteiger partial charge is 0.206 e. The first-order valence-corrected chi connectivity index (χ1v) is 7.22. The van der Waals surface area contributed by atoms with Gasteiger partial charge < -0.3 is 5.73 Å². The molecular weight excluding hydrogens is 387 g/mol. The van der Waals surface area contributed by atoms with Gasteiger partial charge in [-0.15, -0.1) is 0 Å². The van der Waals surface area contributed by atoms with Gasteiger partial charge in [-0.3, -0.25) is 4.57 Å². The number of rotatable bonds is 1. The van der Waals surface area contributed by atoms with Crippen LogP contribution < -0.4 is 5.73 Å². The largest absolute Gasteiger partial charge is 0.369 e. The van der Waals surface area contributed by atoms with Crippen molar-refractivity contribution in [3.05, 3.63) is 50.4 Å². The second kappa shape index (κ2) is 5.12. The summed E-state index contributed by atoms with van der Waals surface area (Å²) >= 11 is 15.5. The highest BCUT2D eigenvalue weighted by molar-refractivity contribution is 9.10. The molecule has 0 radical (unpaired) electrons. The van der Waals surface area contributed by atoms with Gasteiger partial charge in [-0.05, 0) is 28.1 Å². The van der Waals surface area contributed by atoms with Crippen LogP contribution in [0.25, 0.3) is 16.7 Å². The summed E-state index contributed by atoms with van der Waals surface area (Å²) in [7, 11) is 0. The van der Waals surface area contributed by atoms with Crippen LogP contribution in [-0.4, -0.2) is 9.55 Å². The van der Waals surface area contributed by atoms with Gasteiger partial charge in [0.25, 0.3) is 0 Å². The predicted molar refractivity (Wildman–Crippen MR) is 83.1 cm³/mol. The lowest BCUT2D eigenvalue weighted by Crippen LogP contribution is -2.01. The van der Waals surface area contributed by atoms with E-state index in [0.29, 0.717) is 10.2 Å². The average molecular weight is 393 g/mol. The van der Waals surface area contributed by atoms with Crippen molar-refractivity contribution in [3.63, 3.8) is 0 Å². The third kappa shape index (κ3) is 2.27. The van der Waals surface area contributed by atoms with Crippen molar-refractivity contribution in [1.29, 1.82) is 0 Å². The van der Waals surface area contributed by atoms with Crippen molar-refractivity contribution in [1.82, 2.24) is 9.55 Å². The second-order valence-corrected chi connectivity index (χ2v) is 5.87. The minimum atomic E-state index is -0.796. The molecule has 3 nitrogen and oxygen atoms in total. The van der Waals surface area contributed by atoms with E-state index in [1.165, 1.54) is 4.57 Å². The number of nitrogen functional groups attached to an aromatic ring is 1. The quantitative estimate of drug-likeness (QED) is 0.595. The summed E-state index contributed by atoms with van der Waals surface area (Å²) < 4.78 is 29.2. The summed E-state index contributed by atoms with van der Waals surface area (Å²) in [6.45, 7) is 0. The number of imidazole rings is 1. The first kappa shape index (κ1) is 14.6. The maximum Gasteiger partial charge on any atom is 0.206 e. The van der Waals surface area contributed by atoms with E-state index in [1.54, 1.807) is 12.1 Å². The number of hydrogen-bond acceptors (Lipinski definition) is 2. The zero-order valence-electron chi connectivity index (χ0n) is 10.2. The van der Waals surface area contributed by atoms with Crippen molar-refractivity contribution >= 4 is 56.1 Å². The number of halogens is 5. The van der Waals surface area contributed by atoms with Crippen molar-refractivity contribution < 1.29 is 8.78 Å². The van der Waals surface area contributed by atoms with E-state index in [4.69, 9.17) is 28.9 Å². The lowest BCUT2D eigenvalue weighted by molar-refractivity contribution is 0.590. The van der Waals surface area contributed by atoms with Crippen LogP contribution in [0.3, 0.4) is 0 Å². The summed E-state index contributed by atoms with van der Waals surface area (Å²) in [6, 6.07) is 5.16. The average Bonchev–Trinajstić information content (AvgIpc) is 2.74. The van der Waals surface area contributed by atoms with Crippen molar-refractivity contribution in [2.45, 2.75) is 0 Å². The molecule has 2 N–H and O–H groups in total. The zero-order chi connectivity index (χ0) is 15.3. The third-order valence-electron chi connectivity index (χ3n) is 2.96. The van der Waals surface area contributed by atoms with E-state index < -0.39 is 11.6 Å². The van der Waals surface area contributed by atoms with Gasteiger partial charge in [0.15, 0.2) is 5.82 Å². The van der Waals surface area contributed by atoms with Gasteiger partial charge in [0.2, 0.25) is 5.95 Å². The Balaban J connectivity index is 2.41. The molecule has 108 valence electrons. The maximum atomic E-state index is 13.8. The molecule has 2 aromatic carbocycles. The van der Waals surface area contributed by atoms with Crippen LogP contribution in [0.1, 0.15) is 0 Å². The fraction of sp³-hybridized carbons (Fsp3) is 0. The Hall–Kier alpha value is -1.37. The molecule has 3 rings (SSSR count).